The molecule has 0 spiro atoms. The smallest absolute Gasteiger partial charge is 0.251 e. The fraction of sp³-hybridized carbons (Fsp3) is 0.0588. The molecule has 2 N–H and O–H groups in total. The van der Waals surface area contributed by atoms with Crippen molar-refractivity contribution in [2.24, 2.45) is 0 Å². The van der Waals surface area contributed by atoms with Crippen molar-refractivity contribution in [3.8, 4) is 0 Å². The van der Waals surface area contributed by atoms with Crippen molar-refractivity contribution in [3.05, 3.63) is 66.5 Å². The average Bonchev–Trinajstić information content (AvgIpc) is 2.60. The summed E-state index contributed by atoms with van der Waals surface area (Å²) in [6.45, 7) is -0.105. The van der Waals surface area contributed by atoms with E-state index in [2.05, 4.69) is 20.6 Å². The monoisotopic (exact) mass is 306 g/mol. The van der Waals surface area contributed by atoms with Gasteiger partial charge in [0.25, 0.3) is 5.91 Å². The predicted octanol–water partition coefficient (Wildman–Crippen LogP) is 2.00. The van der Waals surface area contributed by atoms with Gasteiger partial charge >= 0.3 is 0 Å². The van der Waals surface area contributed by atoms with Crippen molar-refractivity contribution >= 4 is 28.5 Å². The molecule has 1 aromatic heterocycles. The molecule has 0 aliphatic rings. The number of nitrogens with zero attached hydrogens (tertiary/aromatic N) is 2. The van der Waals surface area contributed by atoms with Crippen LogP contribution in [0.25, 0.3) is 11.0 Å². The molecule has 0 saturated carbocycles. The van der Waals surface area contributed by atoms with Gasteiger partial charge in [0.05, 0.1) is 17.6 Å². The van der Waals surface area contributed by atoms with Crippen LogP contribution in [0.2, 0.25) is 0 Å². The van der Waals surface area contributed by atoms with Crippen LogP contribution in [0.5, 0.6) is 0 Å². The number of carbonyl (C=O) groups excluding carboxylic acids is 2. The summed E-state index contributed by atoms with van der Waals surface area (Å²) in [5.41, 5.74) is 2.57. The molecule has 0 bridgehead atoms. The maximum Gasteiger partial charge on any atom is 0.251 e. The second-order valence-corrected chi connectivity index (χ2v) is 4.86. The maximum absolute atomic E-state index is 11.9. The van der Waals surface area contributed by atoms with Gasteiger partial charge in [0.15, 0.2) is 0 Å². The molecule has 2 aromatic carbocycles. The highest BCUT2D eigenvalue weighted by atomic mass is 16.2. The van der Waals surface area contributed by atoms with Gasteiger partial charge in [0, 0.05) is 23.6 Å². The lowest BCUT2D eigenvalue weighted by Gasteiger charge is -2.07. The van der Waals surface area contributed by atoms with Crippen LogP contribution >= 0.6 is 0 Å². The molecule has 114 valence electrons. The molecule has 0 aliphatic heterocycles. The molecule has 0 atom stereocenters. The van der Waals surface area contributed by atoms with Crippen LogP contribution in [0.4, 0.5) is 5.69 Å². The molecule has 0 unspecified atom stereocenters. The fourth-order valence-corrected chi connectivity index (χ4v) is 2.10. The molecule has 0 aliphatic carbocycles. The van der Waals surface area contributed by atoms with Crippen LogP contribution in [0.15, 0.2) is 60.9 Å². The minimum atomic E-state index is -0.308. The molecule has 0 radical (unpaired) electrons. The maximum atomic E-state index is 11.9. The average molecular weight is 306 g/mol. The molecule has 3 aromatic rings. The van der Waals surface area contributed by atoms with Gasteiger partial charge in [0.1, 0.15) is 0 Å². The van der Waals surface area contributed by atoms with Crippen molar-refractivity contribution in [3.63, 3.8) is 0 Å². The van der Waals surface area contributed by atoms with E-state index in [1.165, 1.54) is 0 Å². The number of nitrogens with one attached hydrogen (secondary N) is 2. The lowest BCUT2D eigenvalue weighted by molar-refractivity contribution is -0.115. The van der Waals surface area contributed by atoms with Crippen molar-refractivity contribution in [1.82, 2.24) is 15.3 Å². The second-order valence-electron chi connectivity index (χ2n) is 4.86. The summed E-state index contributed by atoms with van der Waals surface area (Å²) in [6.07, 6.45) is 3.20. The lowest BCUT2D eigenvalue weighted by atomic mass is 10.2. The number of hydrogen-bond donors (Lipinski definition) is 2. The Morgan fingerprint density at radius 3 is 2.43 bits per heavy atom. The standard InChI is InChI=1S/C17H14N4O2/c22-16(11-20-17(23)12-4-2-1-3-5-12)21-13-6-7-14-15(10-13)19-9-8-18-14/h1-10H,11H2,(H,20,23)(H,21,22). The van der Waals surface area contributed by atoms with E-state index in [0.717, 1.165) is 5.52 Å². The van der Waals surface area contributed by atoms with Gasteiger partial charge in [-0.15, -0.1) is 0 Å². The first-order chi connectivity index (χ1) is 11.2. The van der Waals surface area contributed by atoms with Crippen molar-refractivity contribution in [2.45, 2.75) is 0 Å². The number of hydrogen-bond acceptors (Lipinski definition) is 4. The second kappa shape index (κ2) is 6.65. The Hall–Kier alpha value is -3.28. The Bertz CT molecular complexity index is 849. The Morgan fingerprint density at radius 1 is 0.913 bits per heavy atom. The third kappa shape index (κ3) is 3.68. The topological polar surface area (TPSA) is 84.0 Å². The molecular weight excluding hydrogens is 292 g/mol. The van der Waals surface area contributed by atoms with Gasteiger partial charge in [0.2, 0.25) is 5.91 Å². The van der Waals surface area contributed by atoms with E-state index in [1.807, 2.05) is 6.07 Å². The number of aromatic nitrogens is 2. The van der Waals surface area contributed by atoms with Crippen molar-refractivity contribution in [2.75, 3.05) is 11.9 Å². The zero-order chi connectivity index (χ0) is 16.1. The van der Waals surface area contributed by atoms with E-state index < -0.39 is 0 Å². The Labute approximate surface area is 132 Å². The van der Waals surface area contributed by atoms with Crippen LogP contribution in [-0.4, -0.2) is 28.3 Å². The van der Waals surface area contributed by atoms with E-state index in [1.54, 1.807) is 54.9 Å². The summed E-state index contributed by atoms with van der Waals surface area (Å²) in [7, 11) is 0. The molecule has 23 heavy (non-hydrogen) atoms. The van der Waals surface area contributed by atoms with Gasteiger partial charge < -0.3 is 10.6 Å². The summed E-state index contributed by atoms with van der Waals surface area (Å²) in [6, 6.07) is 14.0. The zero-order valence-electron chi connectivity index (χ0n) is 12.2. The number of anilines is 1. The number of carbonyl (C=O) groups is 2. The number of amides is 2. The minimum Gasteiger partial charge on any atom is -0.343 e. The summed E-state index contributed by atoms with van der Waals surface area (Å²) in [4.78, 5) is 32.1. The van der Waals surface area contributed by atoms with Crippen LogP contribution in [-0.2, 0) is 4.79 Å². The minimum absolute atomic E-state index is 0.105. The zero-order valence-corrected chi connectivity index (χ0v) is 12.2. The first-order valence-electron chi connectivity index (χ1n) is 7.06. The molecule has 1 heterocycles. The van der Waals surface area contributed by atoms with Crippen molar-refractivity contribution in [1.29, 1.82) is 0 Å². The predicted molar refractivity (Wildman–Crippen MR) is 86.9 cm³/mol. The third-order valence-electron chi connectivity index (χ3n) is 3.20. The lowest BCUT2D eigenvalue weighted by Crippen LogP contribution is -2.32. The first-order valence-corrected chi connectivity index (χ1v) is 7.06. The molecule has 6 nitrogen and oxygen atoms in total. The van der Waals surface area contributed by atoms with Crippen LogP contribution < -0.4 is 10.6 Å². The van der Waals surface area contributed by atoms with E-state index in [-0.39, 0.29) is 18.4 Å². The van der Waals surface area contributed by atoms with E-state index >= 15 is 0 Å². The van der Waals surface area contributed by atoms with E-state index in [0.29, 0.717) is 16.8 Å². The van der Waals surface area contributed by atoms with Crippen LogP contribution in [0, 0.1) is 0 Å². The first kappa shape index (κ1) is 14.6. The molecule has 6 heteroatoms. The van der Waals surface area contributed by atoms with Gasteiger partial charge in [-0.3, -0.25) is 19.6 Å². The Kier molecular flexibility index (Phi) is 4.24. The van der Waals surface area contributed by atoms with Gasteiger partial charge in [-0.2, -0.15) is 0 Å². The van der Waals surface area contributed by atoms with E-state index in [4.69, 9.17) is 0 Å². The number of fused-ring (bicyclic) bond motifs is 1. The van der Waals surface area contributed by atoms with Crippen LogP contribution in [0.1, 0.15) is 10.4 Å². The highest BCUT2D eigenvalue weighted by Crippen LogP contribution is 2.14. The Balaban J connectivity index is 1.59. The number of benzene rings is 2. The van der Waals surface area contributed by atoms with E-state index in [9.17, 15) is 9.59 Å². The molecular formula is C17H14N4O2. The highest BCUT2D eigenvalue weighted by Gasteiger charge is 2.08. The largest absolute Gasteiger partial charge is 0.343 e. The fourth-order valence-electron chi connectivity index (χ4n) is 2.10. The summed E-state index contributed by atoms with van der Waals surface area (Å²) >= 11 is 0. The summed E-state index contributed by atoms with van der Waals surface area (Å²) in [5, 5.41) is 5.30. The third-order valence-corrected chi connectivity index (χ3v) is 3.20. The molecule has 0 saturated heterocycles. The van der Waals surface area contributed by atoms with Crippen LogP contribution in [0.3, 0.4) is 0 Å². The van der Waals surface area contributed by atoms with Gasteiger partial charge in [-0.05, 0) is 30.3 Å². The number of rotatable bonds is 4. The van der Waals surface area contributed by atoms with Crippen molar-refractivity contribution < 1.29 is 9.59 Å². The normalized spacial score (nSPS) is 10.3. The van der Waals surface area contributed by atoms with Gasteiger partial charge in [-0.1, -0.05) is 18.2 Å². The summed E-state index contributed by atoms with van der Waals surface area (Å²) < 4.78 is 0. The molecule has 3 rings (SSSR count). The SMILES string of the molecule is O=C(CNC(=O)c1ccccc1)Nc1ccc2nccnc2c1. The molecule has 2 amide bonds. The quantitative estimate of drug-likeness (QED) is 0.772. The van der Waals surface area contributed by atoms with Gasteiger partial charge in [-0.25, -0.2) is 0 Å². The molecule has 0 fully saturated rings. The highest BCUT2D eigenvalue weighted by molar-refractivity contribution is 5.99. The summed E-state index contributed by atoms with van der Waals surface area (Å²) in [5.74, 6) is -0.595. The Morgan fingerprint density at radius 2 is 1.65 bits per heavy atom.